The van der Waals surface area contributed by atoms with Crippen molar-refractivity contribution in [2.45, 2.75) is 200 Å². The molecular weight excluding hydrogens is 781 g/mol. The standard InChI is InChI=1S/C52H88N2O8/c1-29(35-11-13-37-47-39(27-43(59)51(35,37)5)49(3)19-17-33(55)23-31(49)25-41(47)57)9-15-45(61)53-21-8-22-54(7)46(62)16-10-30(2)36-12-14-38-48-40(28-44(60)52(36,38)6)50(4)20-18-34(56)24-32(50)26-42(48)58/h29-44,47-48,55-60H,8-28H2,1-7H3,(H,53,61)/t29?,30?,31?,32?,33-,34-,35?,36?,37?,38?,39?,40?,41-,42-,43+,44+,47?,48?,49+,50+,51-,52-/m1/s1. The average Bonchev–Trinajstić information content (AvgIpc) is 3.78. The first-order valence-corrected chi connectivity index (χ1v) is 25.8. The van der Waals surface area contributed by atoms with E-state index in [2.05, 4.69) is 46.9 Å². The van der Waals surface area contributed by atoms with E-state index in [1.54, 1.807) is 4.90 Å². The van der Waals surface area contributed by atoms with Gasteiger partial charge in [0.25, 0.3) is 0 Å². The van der Waals surface area contributed by atoms with E-state index in [0.29, 0.717) is 56.0 Å². The molecule has 8 rings (SSSR count). The molecule has 0 aliphatic heterocycles. The number of aliphatic hydroxyl groups excluding tert-OH is 6. The van der Waals surface area contributed by atoms with Crippen molar-refractivity contribution in [3.05, 3.63) is 0 Å². The maximum atomic E-state index is 13.4. The fourth-order valence-corrected chi connectivity index (χ4v) is 18.3. The Morgan fingerprint density at radius 3 is 1.53 bits per heavy atom. The number of carbonyl (C=O) groups excluding carboxylic acids is 2. The van der Waals surface area contributed by atoms with E-state index in [1.807, 2.05) is 7.05 Å². The summed E-state index contributed by atoms with van der Waals surface area (Å²) in [5.74, 6) is 3.43. The zero-order valence-electron chi connectivity index (χ0n) is 39.7. The van der Waals surface area contributed by atoms with Crippen molar-refractivity contribution in [1.82, 2.24) is 10.2 Å². The minimum Gasteiger partial charge on any atom is -0.393 e. The summed E-state index contributed by atoms with van der Waals surface area (Å²) in [7, 11) is 1.86. The summed E-state index contributed by atoms with van der Waals surface area (Å²) in [6, 6.07) is 0. The number of fused-ring (bicyclic) bond motifs is 10. The average molecular weight is 869 g/mol. The lowest BCUT2D eigenvalue weighted by Gasteiger charge is -2.63. The van der Waals surface area contributed by atoms with Crippen molar-refractivity contribution >= 4 is 11.8 Å². The van der Waals surface area contributed by atoms with Gasteiger partial charge in [-0.05, 0) is 202 Å². The Kier molecular flexibility index (Phi) is 13.5. The highest BCUT2D eigenvalue weighted by Gasteiger charge is 2.67. The molecule has 0 aromatic rings. The van der Waals surface area contributed by atoms with Gasteiger partial charge in [-0.3, -0.25) is 9.59 Å². The molecule has 2 amide bonds. The Hall–Kier alpha value is -1.30. The molecule has 62 heavy (non-hydrogen) atoms. The minimum atomic E-state index is -0.427. The Bertz CT molecular complexity index is 1610. The summed E-state index contributed by atoms with van der Waals surface area (Å²) in [6.45, 7) is 14.9. The lowest BCUT2D eigenvalue weighted by atomic mass is 9.43. The van der Waals surface area contributed by atoms with Gasteiger partial charge in [0.05, 0.1) is 36.6 Å². The molecule has 0 bridgehead atoms. The number of hydrogen-bond donors (Lipinski definition) is 7. The Morgan fingerprint density at radius 2 is 1.06 bits per heavy atom. The van der Waals surface area contributed by atoms with Gasteiger partial charge in [0.2, 0.25) is 11.8 Å². The molecule has 8 fully saturated rings. The zero-order chi connectivity index (χ0) is 44.7. The van der Waals surface area contributed by atoms with Gasteiger partial charge in [-0.2, -0.15) is 0 Å². The van der Waals surface area contributed by atoms with Crippen LogP contribution in [0.4, 0.5) is 0 Å². The normalized spacial score (nSPS) is 50.5. The second kappa shape index (κ2) is 17.7. The molecule has 10 nitrogen and oxygen atoms in total. The molecule has 354 valence electrons. The first-order chi connectivity index (χ1) is 29.2. The van der Waals surface area contributed by atoms with Crippen molar-refractivity contribution in [3.8, 4) is 0 Å². The Balaban J connectivity index is 0.760. The number of aliphatic hydroxyl groups is 6. The number of amides is 2. The van der Waals surface area contributed by atoms with E-state index in [1.165, 1.54) is 0 Å². The van der Waals surface area contributed by atoms with E-state index >= 15 is 0 Å². The largest absolute Gasteiger partial charge is 0.393 e. The zero-order valence-corrected chi connectivity index (χ0v) is 39.7. The van der Waals surface area contributed by atoms with E-state index in [-0.39, 0.29) is 105 Å². The van der Waals surface area contributed by atoms with Gasteiger partial charge in [-0.1, -0.05) is 41.5 Å². The number of carbonyl (C=O) groups is 2. The van der Waals surface area contributed by atoms with Crippen LogP contribution in [0.5, 0.6) is 0 Å². The van der Waals surface area contributed by atoms with Crippen LogP contribution in [-0.2, 0) is 9.59 Å². The van der Waals surface area contributed by atoms with Crippen LogP contribution in [0.15, 0.2) is 0 Å². The Labute approximate surface area is 374 Å². The number of rotatable bonds is 12. The maximum absolute atomic E-state index is 13.4. The molecule has 12 unspecified atom stereocenters. The highest BCUT2D eigenvalue weighted by Crippen LogP contribution is 2.70. The highest BCUT2D eigenvalue weighted by atomic mass is 16.3. The van der Waals surface area contributed by atoms with Crippen LogP contribution in [0.25, 0.3) is 0 Å². The van der Waals surface area contributed by atoms with Crippen LogP contribution in [0.2, 0.25) is 0 Å². The topological polar surface area (TPSA) is 171 Å². The fourth-order valence-electron chi connectivity index (χ4n) is 18.3. The van der Waals surface area contributed by atoms with Crippen LogP contribution in [0.1, 0.15) is 164 Å². The van der Waals surface area contributed by atoms with Crippen molar-refractivity contribution < 1.29 is 40.2 Å². The third-order valence-electron chi connectivity index (χ3n) is 22.1. The van der Waals surface area contributed by atoms with Crippen molar-refractivity contribution in [3.63, 3.8) is 0 Å². The molecule has 8 aliphatic carbocycles. The summed E-state index contributed by atoms with van der Waals surface area (Å²) < 4.78 is 0. The molecule has 22 atom stereocenters. The van der Waals surface area contributed by atoms with Crippen LogP contribution in [0, 0.1) is 92.7 Å². The molecule has 0 heterocycles. The van der Waals surface area contributed by atoms with Gasteiger partial charge in [0.1, 0.15) is 0 Å². The van der Waals surface area contributed by atoms with E-state index < -0.39 is 12.2 Å². The second-order valence-corrected chi connectivity index (χ2v) is 24.6. The summed E-state index contributed by atoms with van der Waals surface area (Å²) in [5, 5.41) is 71.1. The van der Waals surface area contributed by atoms with Crippen LogP contribution in [-0.4, -0.2) is 104 Å². The fraction of sp³-hybridized carbons (Fsp3) is 0.962. The monoisotopic (exact) mass is 869 g/mol. The van der Waals surface area contributed by atoms with Crippen molar-refractivity contribution in [1.29, 1.82) is 0 Å². The van der Waals surface area contributed by atoms with Crippen molar-refractivity contribution in [2.75, 3.05) is 20.1 Å². The summed E-state index contributed by atoms with van der Waals surface area (Å²) in [6.07, 6.45) is 13.1. The lowest BCUT2D eigenvalue weighted by molar-refractivity contribution is -0.207. The molecule has 8 saturated carbocycles. The van der Waals surface area contributed by atoms with Crippen LogP contribution >= 0.6 is 0 Å². The van der Waals surface area contributed by atoms with E-state index in [4.69, 9.17) is 0 Å². The highest BCUT2D eigenvalue weighted by molar-refractivity contribution is 5.76. The quantitative estimate of drug-likeness (QED) is 0.106. The van der Waals surface area contributed by atoms with Crippen molar-refractivity contribution in [2.24, 2.45) is 92.7 Å². The minimum absolute atomic E-state index is 0.0385. The second-order valence-electron chi connectivity index (χ2n) is 24.6. The van der Waals surface area contributed by atoms with E-state index in [9.17, 15) is 40.2 Å². The van der Waals surface area contributed by atoms with Gasteiger partial charge in [-0.15, -0.1) is 0 Å². The molecule has 8 aliphatic rings. The molecule has 0 aromatic carbocycles. The molecule has 0 aromatic heterocycles. The van der Waals surface area contributed by atoms with Crippen LogP contribution < -0.4 is 5.32 Å². The van der Waals surface area contributed by atoms with E-state index in [0.717, 1.165) is 103 Å². The molecule has 7 N–H and O–H groups in total. The number of nitrogens with one attached hydrogen (secondary N) is 1. The van der Waals surface area contributed by atoms with Gasteiger partial charge >= 0.3 is 0 Å². The first kappa shape index (κ1) is 47.2. The summed E-state index contributed by atoms with van der Waals surface area (Å²) in [4.78, 5) is 28.3. The third kappa shape index (κ3) is 7.86. The Morgan fingerprint density at radius 1 is 0.613 bits per heavy atom. The predicted octanol–water partition coefficient (Wildman–Crippen LogP) is 6.71. The number of hydrogen-bond acceptors (Lipinski definition) is 8. The summed E-state index contributed by atoms with van der Waals surface area (Å²) in [5.41, 5.74) is -0.427. The first-order valence-electron chi connectivity index (χ1n) is 25.8. The van der Waals surface area contributed by atoms with Gasteiger partial charge in [0.15, 0.2) is 0 Å². The molecular formula is C52H88N2O8. The molecule has 0 radical (unpaired) electrons. The third-order valence-corrected chi connectivity index (χ3v) is 22.1. The maximum Gasteiger partial charge on any atom is 0.222 e. The molecule has 0 saturated heterocycles. The number of nitrogens with zero attached hydrogens (tertiary/aromatic N) is 1. The van der Waals surface area contributed by atoms with Gasteiger partial charge < -0.3 is 40.9 Å². The van der Waals surface area contributed by atoms with Gasteiger partial charge in [0, 0.05) is 33.0 Å². The predicted molar refractivity (Wildman–Crippen MR) is 240 cm³/mol. The smallest absolute Gasteiger partial charge is 0.222 e. The molecule has 0 spiro atoms. The molecule has 10 heteroatoms. The van der Waals surface area contributed by atoms with Crippen LogP contribution in [0.3, 0.4) is 0 Å². The SMILES string of the molecule is CC(CCC(=O)NCCCN(C)C(=O)CCC(C)C1CCC2C3C(C[C@H](O)[C@]12C)[C@@]1(C)CC[C@@H](O)CC1C[C@H]3O)C1CCC2C3C(C[C@H](O)[C@]12C)[C@@]1(C)CC[C@@H](O)CC1C[C@H]3O. The summed E-state index contributed by atoms with van der Waals surface area (Å²) >= 11 is 0. The lowest BCUT2D eigenvalue weighted by Crippen LogP contribution is -2.62. The van der Waals surface area contributed by atoms with Gasteiger partial charge in [-0.25, -0.2) is 0 Å².